The third kappa shape index (κ3) is 4.30. The molecule has 4 aromatic rings. The summed E-state index contributed by atoms with van der Waals surface area (Å²) in [7, 11) is 1.93. The largest absolute Gasteiger partial charge is 0.489 e. The van der Waals surface area contributed by atoms with Crippen molar-refractivity contribution in [2.24, 2.45) is 7.05 Å². The summed E-state index contributed by atoms with van der Waals surface area (Å²) in [6.45, 7) is 0.787. The summed E-state index contributed by atoms with van der Waals surface area (Å²) in [5.41, 5.74) is 3.10. The number of rotatable bonds is 4. The average molecular weight is 497 g/mol. The van der Waals surface area contributed by atoms with Crippen LogP contribution in [-0.4, -0.2) is 31.8 Å². The van der Waals surface area contributed by atoms with E-state index in [1.54, 1.807) is 12.3 Å². The van der Waals surface area contributed by atoms with Gasteiger partial charge in [-0.05, 0) is 35.9 Å². The molecular formula is C26H22F3N3O4. The summed E-state index contributed by atoms with van der Waals surface area (Å²) in [6, 6.07) is 13.2. The quantitative estimate of drug-likeness (QED) is 0.432. The lowest BCUT2D eigenvalue weighted by atomic mass is 10.0. The van der Waals surface area contributed by atoms with E-state index in [0.29, 0.717) is 36.5 Å². The van der Waals surface area contributed by atoms with E-state index in [0.717, 1.165) is 34.3 Å². The molecule has 0 atom stereocenters. The van der Waals surface area contributed by atoms with Crippen LogP contribution in [-0.2, 0) is 32.8 Å². The van der Waals surface area contributed by atoms with Crippen molar-refractivity contribution in [2.45, 2.75) is 25.7 Å². The minimum Gasteiger partial charge on any atom is -0.489 e. The van der Waals surface area contributed by atoms with Crippen molar-refractivity contribution in [3.05, 3.63) is 93.5 Å². The molecule has 2 aromatic heterocycles. The molecule has 0 fully saturated rings. The number of benzene rings is 2. The van der Waals surface area contributed by atoms with Gasteiger partial charge in [0, 0.05) is 48.9 Å². The number of nitrogens with zero attached hydrogens (tertiary/aromatic N) is 3. The molecule has 0 saturated carbocycles. The van der Waals surface area contributed by atoms with Crippen LogP contribution >= 0.6 is 0 Å². The van der Waals surface area contributed by atoms with Gasteiger partial charge in [-0.25, -0.2) is 4.79 Å². The summed E-state index contributed by atoms with van der Waals surface area (Å²) < 4.78 is 47.3. The number of ether oxygens (including phenoxy) is 1. The van der Waals surface area contributed by atoms with E-state index >= 15 is 0 Å². The first kappa shape index (κ1) is 23.5. The predicted octanol–water partition coefficient (Wildman–Crippen LogP) is 4.96. The zero-order chi connectivity index (χ0) is 25.6. The Balaban J connectivity index is 1.36. The topological polar surface area (TPSA) is 76.7 Å². The van der Waals surface area contributed by atoms with Crippen molar-refractivity contribution >= 4 is 17.0 Å². The Morgan fingerprint density at radius 1 is 1.08 bits per heavy atom. The number of amides is 1. The van der Waals surface area contributed by atoms with Crippen LogP contribution in [0.15, 0.2) is 65.6 Å². The SMILES string of the molecule is Cn1c2c(c3ccc(-n4ccc(OCc5ccc(C(F)(F)F)cc5)cc4=O)cc31)CN(C(=O)O)CC2. The smallest absolute Gasteiger partial charge is 0.416 e. The van der Waals surface area contributed by atoms with Gasteiger partial charge in [-0.15, -0.1) is 0 Å². The molecule has 36 heavy (non-hydrogen) atoms. The van der Waals surface area contributed by atoms with E-state index in [2.05, 4.69) is 0 Å². The van der Waals surface area contributed by atoms with Crippen LogP contribution in [0.4, 0.5) is 18.0 Å². The molecule has 0 radical (unpaired) electrons. The van der Waals surface area contributed by atoms with E-state index in [9.17, 15) is 27.9 Å². The van der Waals surface area contributed by atoms with Crippen LogP contribution < -0.4 is 10.3 Å². The summed E-state index contributed by atoms with van der Waals surface area (Å²) in [4.78, 5) is 25.6. The molecule has 1 aliphatic heterocycles. The van der Waals surface area contributed by atoms with Gasteiger partial charge >= 0.3 is 12.3 Å². The van der Waals surface area contributed by atoms with E-state index in [1.165, 1.54) is 27.7 Å². The Hall–Kier alpha value is -4.21. The van der Waals surface area contributed by atoms with Crippen molar-refractivity contribution in [3.63, 3.8) is 0 Å². The summed E-state index contributed by atoms with van der Waals surface area (Å²) in [5.74, 6) is 0.306. The Kier molecular flexibility index (Phi) is 5.74. The molecule has 0 saturated heterocycles. The molecule has 186 valence electrons. The Morgan fingerprint density at radius 3 is 2.50 bits per heavy atom. The zero-order valence-corrected chi connectivity index (χ0v) is 19.2. The van der Waals surface area contributed by atoms with Crippen LogP contribution in [0.5, 0.6) is 5.75 Å². The zero-order valence-electron chi connectivity index (χ0n) is 19.2. The fourth-order valence-electron chi connectivity index (χ4n) is 4.60. The number of carboxylic acid groups (broad SMARTS) is 1. The van der Waals surface area contributed by atoms with E-state index in [4.69, 9.17) is 4.74 Å². The molecule has 7 nitrogen and oxygen atoms in total. The highest BCUT2D eigenvalue weighted by Gasteiger charge is 2.30. The number of pyridine rings is 1. The molecule has 0 bridgehead atoms. The summed E-state index contributed by atoms with van der Waals surface area (Å²) in [6.07, 6.45) is -3.14. The van der Waals surface area contributed by atoms with Gasteiger partial charge in [0.1, 0.15) is 12.4 Å². The third-order valence-electron chi connectivity index (χ3n) is 6.52. The fraction of sp³-hybridized carbons (Fsp3) is 0.231. The van der Waals surface area contributed by atoms with Gasteiger partial charge in [-0.1, -0.05) is 18.2 Å². The summed E-state index contributed by atoms with van der Waals surface area (Å²) >= 11 is 0. The number of fused-ring (bicyclic) bond motifs is 3. The average Bonchev–Trinajstić information content (AvgIpc) is 3.13. The fourth-order valence-corrected chi connectivity index (χ4v) is 4.60. The van der Waals surface area contributed by atoms with Gasteiger partial charge in [-0.2, -0.15) is 13.2 Å². The minimum atomic E-state index is -4.40. The second-order valence-electron chi connectivity index (χ2n) is 8.69. The van der Waals surface area contributed by atoms with Gasteiger partial charge < -0.3 is 19.3 Å². The maximum absolute atomic E-state index is 12.8. The number of alkyl halides is 3. The van der Waals surface area contributed by atoms with Crippen molar-refractivity contribution in [1.29, 1.82) is 0 Å². The molecule has 0 aliphatic carbocycles. The number of carbonyl (C=O) groups is 1. The molecule has 10 heteroatoms. The van der Waals surface area contributed by atoms with Crippen molar-refractivity contribution in [3.8, 4) is 11.4 Å². The lowest BCUT2D eigenvalue weighted by Crippen LogP contribution is -2.34. The first-order valence-electron chi connectivity index (χ1n) is 11.2. The first-order valence-corrected chi connectivity index (χ1v) is 11.2. The van der Waals surface area contributed by atoms with Crippen LogP contribution in [0.25, 0.3) is 16.6 Å². The van der Waals surface area contributed by atoms with Crippen molar-refractivity contribution in [1.82, 2.24) is 14.0 Å². The van der Waals surface area contributed by atoms with Gasteiger partial charge in [0.2, 0.25) is 0 Å². The molecule has 1 N–H and O–H groups in total. The number of hydrogen-bond donors (Lipinski definition) is 1. The molecule has 1 aliphatic rings. The standard InChI is InChI=1S/C26H22F3N3O4/c1-30-22-9-10-31(25(34)35)14-21(22)20-7-6-18(12-23(20)30)32-11-8-19(13-24(32)33)36-15-16-2-4-17(5-3-16)26(27,28)29/h2-8,11-13H,9-10,14-15H2,1H3,(H,34,35). The molecular weight excluding hydrogens is 475 g/mol. The molecule has 1 amide bonds. The lowest BCUT2D eigenvalue weighted by molar-refractivity contribution is -0.137. The maximum atomic E-state index is 12.8. The highest BCUT2D eigenvalue weighted by atomic mass is 19.4. The molecule has 2 aromatic carbocycles. The van der Waals surface area contributed by atoms with Crippen molar-refractivity contribution < 1.29 is 27.8 Å². The van der Waals surface area contributed by atoms with Crippen molar-refractivity contribution in [2.75, 3.05) is 6.54 Å². The molecule has 0 spiro atoms. The van der Waals surface area contributed by atoms with Gasteiger partial charge in [-0.3, -0.25) is 9.36 Å². The van der Waals surface area contributed by atoms with Crippen LogP contribution in [0, 0.1) is 0 Å². The maximum Gasteiger partial charge on any atom is 0.416 e. The van der Waals surface area contributed by atoms with Gasteiger partial charge in [0.15, 0.2) is 0 Å². The molecule has 0 unspecified atom stereocenters. The monoisotopic (exact) mass is 497 g/mol. The Bertz CT molecular complexity index is 1520. The second kappa shape index (κ2) is 8.78. The number of aromatic nitrogens is 2. The first-order chi connectivity index (χ1) is 17.1. The van der Waals surface area contributed by atoms with Gasteiger partial charge in [0.25, 0.3) is 5.56 Å². The summed E-state index contributed by atoms with van der Waals surface area (Å²) in [5, 5.41) is 10.3. The van der Waals surface area contributed by atoms with Gasteiger partial charge in [0.05, 0.1) is 23.3 Å². The van der Waals surface area contributed by atoms with E-state index in [1.807, 2.05) is 29.8 Å². The highest BCUT2D eigenvalue weighted by molar-refractivity contribution is 5.88. The number of halogens is 3. The molecule has 3 heterocycles. The predicted molar refractivity (Wildman–Crippen MR) is 126 cm³/mol. The van der Waals surface area contributed by atoms with E-state index in [-0.39, 0.29) is 12.2 Å². The normalized spacial score (nSPS) is 13.6. The van der Waals surface area contributed by atoms with Crippen LogP contribution in [0.1, 0.15) is 22.4 Å². The Labute approximate surface area is 203 Å². The third-order valence-corrected chi connectivity index (χ3v) is 6.52. The lowest BCUT2D eigenvalue weighted by Gasteiger charge is -2.25. The van der Waals surface area contributed by atoms with E-state index < -0.39 is 17.8 Å². The van der Waals surface area contributed by atoms with Crippen LogP contribution in [0.2, 0.25) is 0 Å². The number of aryl methyl sites for hydroxylation is 1. The number of hydrogen-bond acceptors (Lipinski definition) is 3. The highest BCUT2D eigenvalue weighted by Crippen LogP contribution is 2.32. The molecule has 5 rings (SSSR count). The minimum absolute atomic E-state index is 0.0236. The van der Waals surface area contributed by atoms with Crippen LogP contribution in [0.3, 0.4) is 0 Å². The Morgan fingerprint density at radius 2 is 1.83 bits per heavy atom. The second-order valence-corrected chi connectivity index (χ2v) is 8.69.